The number of likely N-dealkylation sites (N-methyl/N-ethyl adjacent to an activating group) is 1. The Morgan fingerprint density at radius 1 is 1.24 bits per heavy atom. The molecular formula is C18H20ClN5O. The van der Waals surface area contributed by atoms with E-state index in [0.717, 1.165) is 30.0 Å². The summed E-state index contributed by atoms with van der Waals surface area (Å²) in [4.78, 5) is 29.9. The number of hydrogen-bond donors (Lipinski definition) is 0. The second-order valence-electron chi connectivity index (χ2n) is 6.63. The van der Waals surface area contributed by atoms with E-state index in [1.807, 2.05) is 18.2 Å². The van der Waals surface area contributed by atoms with E-state index in [0.29, 0.717) is 12.5 Å². The molecule has 4 rings (SSSR count). The number of amides is 1. The normalized spacial score (nSPS) is 20.9. The third kappa shape index (κ3) is 2.95. The Morgan fingerprint density at radius 3 is 2.76 bits per heavy atom. The molecule has 25 heavy (non-hydrogen) atoms. The van der Waals surface area contributed by atoms with Crippen LogP contribution in [0.5, 0.6) is 0 Å². The lowest BCUT2D eigenvalue weighted by atomic mass is 10.0. The maximum atomic E-state index is 13.1. The summed E-state index contributed by atoms with van der Waals surface area (Å²) in [6, 6.07) is 5.78. The summed E-state index contributed by atoms with van der Waals surface area (Å²) in [6.45, 7) is 0. The van der Waals surface area contributed by atoms with Crippen molar-refractivity contribution in [2.24, 2.45) is 0 Å². The molecule has 0 unspecified atom stereocenters. The average Bonchev–Trinajstić information content (AvgIpc) is 3.14. The maximum Gasteiger partial charge on any atom is 0.250 e. The van der Waals surface area contributed by atoms with E-state index in [9.17, 15) is 4.79 Å². The van der Waals surface area contributed by atoms with E-state index in [1.54, 1.807) is 24.3 Å². The van der Waals surface area contributed by atoms with Crippen LogP contribution in [0.2, 0.25) is 5.28 Å². The minimum Gasteiger partial charge on any atom is -0.339 e. The number of aromatic nitrogens is 3. The van der Waals surface area contributed by atoms with Crippen molar-refractivity contribution in [1.29, 1.82) is 0 Å². The third-order valence-electron chi connectivity index (χ3n) is 5.12. The Hall–Kier alpha value is -2.21. The van der Waals surface area contributed by atoms with Crippen LogP contribution in [0.1, 0.15) is 31.4 Å². The van der Waals surface area contributed by atoms with E-state index in [4.69, 9.17) is 11.6 Å². The molecule has 6 nitrogen and oxygen atoms in total. The Morgan fingerprint density at radius 2 is 2.04 bits per heavy atom. The number of fused-ring (bicyclic) bond motifs is 1. The molecule has 2 aromatic rings. The lowest BCUT2D eigenvalue weighted by Gasteiger charge is -2.43. The summed E-state index contributed by atoms with van der Waals surface area (Å²) in [6.07, 6.45) is 8.45. The molecule has 1 aliphatic carbocycles. The van der Waals surface area contributed by atoms with Gasteiger partial charge in [-0.15, -0.1) is 0 Å². The minimum atomic E-state index is -0.318. The molecule has 1 atom stereocenters. The summed E-state index contributed by atoms with van der Waals surface area (Å²) >= 11 is 6.08. The molecule has 2 aromatic heterocycles. The Kier molecular flexibility index (Phi) is 4.29. The maximum absolute atomic E-state index is 13.1. The number of hydrogen-bond acceptors (Lipinski definition) is 5. The van der Waals surface area contributed by atoms with Crippen molar-refractivity contribution in [2.45, 2.75) is 44.2 Å². The summed E-state index contributed by atoms with van der Waals surface area (Å²) in [5.41, 5.74) is 1.62. The number of rotatable bonds is 3. The first-order valence-corrected chi connectivity index (χ1v) is 9.01. The number of carbonyl (C=O) groups is 1. The van der Waals surface area contributed by atoms with Crippen molar-refractivity contribution in [2.75, 3.05) is 16.8 Å². The molecule has 0 radical (unpaired) electrons. The Balaban J connectivity index is 1.78. The smallest absolute Gasteiger partial charge is 0.250 e. The zero-order chi connectivity index (χ0) is 17.4. The van der Waals surface area contributed by atoms with Gasteiger partial charge in [0.2, 0.25) is 11.2 Å². The third-order valence-corrected chi connectivity index (χ3v) is 5.31. The molecule has 2 aliphatic rings. The largest absolute Gasteiger partial charge is 0.339 e. The monoisotopic (exact) mass is 357 g/mol. The van der Waals surface area contributed by atoms with Crippen LogP contribution >= 0.6 is 11.6 Å². The van der Waals surface area contributed by atoms with Gasteiger partial charge in [-0.05, 0) is 36.6 Å². The van der Waals surface area contributed by atoms with Crippen molar-refractivity contribution in [3.8, 4) is 0 Å². The molecule has 0 bridgehead atoms. The number of anilines is 2. The van der Waals surface area contributed by atoms with E-state index in [1.165, 1.54) is 12.8 Å². The van der Waals surface area contributed by atoms with Gasteiger partial charge in [0, 0.05) is 31.4 Å². The van der Waals surface area contributed by atoms with E-state index in [-0.39, 0.29) is 17.2 Å². The molecule has 0 spiro atoms. The van der Waals surface area contributed by atoms with Crippen molar-refractivity contribution >= 4 is 29.0 Å². The first kappa shape index (κ1) is 16.3. The minimum absolute atomic E-state index is 0.0518. The number of pyridine rings is 1. The summed E-state index contributed by atoms with van der Waals surface area (Å²) in [7, 11) is 1.77. The van der Waals surface area contributed by atoms with E-state index < -0.39 is 0 Å². The van der Waals surface area contributed by atoms with Gasteiger partial charge in [0.1, 0.15) is 11.7 Å². The summed E-state index contributed by atoms with van der Waals surface area (Å²) < 4.78 is 0. The highest BCUT2D eigenvalue weighted by Gasteiger charge is 2.42. The van der Waals surface area contributed by atoms with Crippen molar-refractivity contribution < 1.29 is 4.79 Å². The lowest BCUT2D eigenvalue weighted by Crippen LogP contribution is -2.56. The van der Waals surface area contributed by atoms with E-state index >= 15 is 0 Å². The number of carbonyl (C=O) groups excluding carboxylic acids is 1. The Bertz CT molecular complexity index is 778. The predicted octanol–water partition coefficient (Wildman–Crippen LogP) is 2.86. The topological polar surface area (TPSA) is 62.2 Å². The van der Waals surface area contributed by atoms with Gasteiger partial charge < -0.3 is 9.80 Å². The van der Waals surface area contributed by atoms with Crippen LogP contribution in [-0.2, 0) is 11.2 Å². The van der Waals surface area contributed by atoms with Gasteiger partial charge in [-0.25, -0.2) is 4.98 Å². The number of nitrogens with zero attached hydrogens (tertiary/aromatic N) is 5. The molecule has 0 saturated heterocycles. The van der Waals surface area contributed by atoms with E-state index in [2.05, 4.69) is 19.9 Å². The van der Waals surface area contributed by atoms with Gasteiger partial charge >= 0.3 is 0 Å². The molecule has 3 heterocycles. The molecule has 1 amide bonds. The van der Waals surface area contributed by atoms with Crippen LogP contribution in [0.3, 0.4) is 0 Å². The Labute approximate surface area is 151 Å². The van der Waals surface area contributed by atoms with Gasteiger partial charge in [-0.3, -0.25) is 9.78 Å². The molecule has 1 saturated carbocycles. The molecule has 7 heteroatoms. The van der Waals surface area contributed by atoms with Crippen LogP contribution in [0.25, 0.3) is 0 Å². The highest BCUT2D eigenvalue weighted by molar-refractivity contribution is 6.28. The summed E-state index contributed by atoms with van der Waals surface area (Å²) in [5, 5.41) is 0.209. The second kappa shape index (κ2) is 6.59. The summed E-state index contributed by atoms with van der Waals surface area (Å²) in [5.74, 6) is 0.811. The lowest BCUT2D eigenvalue weighted by molar-refractivity contribution is -0.120. The van der Waals surface area contributed by atoms with Crippen LogP contribution in [0, 0.1) is 0 Å². The van der Waals surface area contributed by atoms with Gasteiger partial charge in [0.15, 0.2) is 5.82 Å². The average molecular weight is 358 g/mol. The zero-order valence-electron chi connectivity index (χ0n) is 14.1. The first-order chi connectivity index (χ1) is 12.1. The van der Waals surface area contributed by atoms with Gasteiger partial charge in [0.05, 0.1) is 6.20 Å². The fourth-order valence-electron chi connectivity index (χ4n) is 3.89. The fraction of sp³-hybridized carbons (Fsp3) is 0.444. The molecule has 1 aliphatic heterocycles. The highest BCUT2D eigenvalue weighted by atomic mass is 35.5. The second-order valence-corrected chi connectivity index (χ2v) is 6.97. The van der Waals surface area contributed by atoms with Crippen molar-refractivity contribution in [1.82, 2.24) is 15.0 Å². The van der Waals surface area contributed by atoms with Crippen LogP contribution in [0.4, 0.5) is 11.5 Å². The zero-order valence-corrected chi connectivity index (χ0v) is 14.9. The first-order valence-electron chi connectivity index (χ1n) is 8.63. The van der Waals surface area contributed by atoms with Crippen molar-refractivity contribution in [3.63, 3.8) is 0 Å². The SMILES string of the molecule is CN1C(=O)[C@@H](Cc2ccccn2)N(C2CCCC2)c2nc(Cl)ncc21. The molecule has 0 N–H and O–H groups in total. The highest BCUT2D eigenvalue weighted by Crippen LogP contribution is 2.39. The quantitative estimate of drug-likeness (QED) is 0.790. The predicted molar refractivity (Wildman–Crippen MR) is 96.9 cm³/mol. The standard InChI is InChI=1S/C18H20ClN5O/c1-23-15-11-21-18(19)22-16(15)24(13-7-2-3-8-13)14(17(23)25)10-12-6-4-5-9-20-12/h4-6,9,11,13-14H,2-3,7-8,10H2,1H3/t14-/m1/s1. The molecule has 1 fully saturated rings. The van der Waals surface area contributed by atoms with Crippen LogP contribution < -0.4 is 9.80 Å². The molecule has 0 aromatic carbocycles. The van der Waals surface area contributed by atoms with Gasteiger partial charge in [-0.1, -0.05) is 18.9 Å². The van der Waals surface area contributed by atoms with Crippen LogP contribution in [0.15, 0.2) is 30.6 Å². The van der Waals surface area contributed by atoms with Crippen LogP contribution in [-0.4, -0.2) is 40.0 Å². The molecular weight excluding hydrogens is 338 g/mol. The number of halogens is 1. The fourth-order valence-corrected chi connectivity index (χ4v) is 4.02. The molecule has 130 valence electrons. The van der Waals surface area contributed by atoms with Crippen molar-refractivity contribution in [3.05, 3.63) is 41.6 Å². The van der Waals surface area contributed by atoms with Gasteiger partial charge in [0.25, 0.3) is 0 Å². The van der Waals surface area contributed by atoms with Gasteiger partial charge in [-0.2, -0.15) is 4.98 Å².